The maximum Gasteiger partial charge on any atom is 0.326 e. The Labute approximate surface area is 137 Å². The van der Waals surface area contributed by atoms with Gasteiger partial charge >= 0.3 is 5.97 Å². The second kappa shape index (κ2) is 6.91. The van der Waals surface area contributed by atoms with Crippen molar-refractivity contribution in [1.82, 2.24) is 14.9 Å². The van der Waals surface area contributed by atoms with Crippen molar-refractivity contribution in [3.63, 3.8) is 0 Å². The summed E-state index contributed by atoms with van der Waals surface area (Å²) < 4.78 is 1.23. The summed E-state index contributed by atoms with van der Waals surface area (Å²) in [5.41, 5.74) is -0.302. The monoisotopic (exact) mass is 337 g/mol. The maximum atomic E-state index is 12.5. The number of aromatic nitrogens is 2. The van der Waals surface area contributed by atoms with E-state index in [-0.39, 0.29) is 5.56 Å². The Morgan fingerprint density at radius 2 is 2.17 bits per heavy atom. The van der Waals surface area contributed by atoms with Gasteiger partial charge in [0.2, 0.25) is 5.91 Å². The van der Waals surface area contributed by atoms with Crippen molar-refractivity contribution >= 4 is 33.4 Å². The summed E-state index contributed by atoms with van der Waals surface area (Å²) in [4.78, 5) is 41.7. The van der Waals surface area contributed by atoms with E-state index in [4.69, 9.17) is 5.11 Å². The van der Waals surface area contributed by atoms with Gasteiger partial charge in [0.05, 0.1) is 11.7 Å². The number of aryl methyl sites for hydroxylation is 1. The van der Waals surface area contributed by atoms with Crippen LogP contribution >= 0.6 is 11.3 Å². The number of nitrogens with one attached hydrogen (secondary N) is 1. The standard InChI is InChI=1S/C15H19N3O4S/c1-4-5-11(15(21)22)17-12(19)9(3)18-7-16-13-10(14(18)20)6-8(2)23-13/h6-7,9,11H,4-5H2,1-3H3,(H,17,19)(H,21,22). The molecule has 2 unspecified atom stereocenters. The van der Waals surface area contributed by atoms with E-state index in [0.29, 0.717) is 23.1 Å². The number of hydrogen-bond acceptors (Lipinski definition) is 5. The van der Waals surface area contributed by atoms with Gasteiger partial charge in [-0.3, -0.25) is 14.2 Å². The smallest absolute Gasteiger partial charge is 0.326 e. The van der Waals surface area contributed by atoms with Crippen LogP contribution < -0.4 is 10.9 Å². The molecule has 0 spiro atoms. The SMILES string of the molecule is CCCC(NC(=O)C(C)n1cnc2sc(C)cc2c1=O)C(=O)O. The number of carboxylic acids is 1. The Bertz CT molecular complexity index is 796. The molecule has 0 aliphatic carbocycles. The van der Waals surface area contributed by atoms with Crippen LogP contribution in [0, 0.1) is 6.92 Å². The fourth-order valence-electron chi connectivity index (χ4n) is 2.30. The predicted molar refractivity (Wildman–Crippen MR) is 87.8 cm³/mol. The molecule has 7 nitrogen and oxygen atoms in total. The van der Waals surface area contributed by atoms with E-state index in [9.17, 15) is 14.4 Å². The second-order valence-electron chi connectivity index (χ2n) is 5.40. The van der Waals surface area contributed by atoms with Gasteiger partial charge in [0.25, 0.3) is 5.56 Å². The van der Waals surface area contributed by atoms with Crippen molar-refractivity contribution in [1.29, 1.82) is 0 Å². The van der Waals surface area contributed by atoms with E-state index in [0.717, 1.165) is 4.88 Å². The molecule has 1 amide bonds. The normalized spacial score (nSPS) is 13.7. The van der Waals surface area contributed by atoms with Crippen molar-refractivity contribution in [3.8, 4) is 0 Å². The van der Waals surface area contributed by atoms with Crippen LogP contribution in [0.25, 0.3) is 10.2 Å². The molecule has 124 valence electrons. The van der Waals surface area contributed by atoms with Crippen LogP contribution in [0.5, 0.6) is 0 Å². The lowest BCUT2D eigenvalue weighted by molar-refractivity contribution is -0.142. The fraction of sp³-hybridized carbons (Fsp3) is 0.467. The Hall–Kier alpha value is -2.22. The number of carboxylic acid groups (broad SMARTS) is 1. The molecule has 2 atom stereocenters. The molecule has 2 rings (SSSR count). The lowest BCUT2D eigenvalue weighted by Gasteiger charge is -2.18. The molecule has 2 aromatic heterocycles. The molecule has 0 radical (unpaired) electrons. The van der Waals surface area contributed by atoms with E-state index in [1.807, 2.05) is 13.8 Å². The third-order valence-corrected chi connectivity index (χ3v) is 4.55. The molecular weight excluding hydrogens is 318 g/mol. The number of carbonyl (C=O) groups is 2. The molecule has 0 bridgehead atoms. The number of rotatable bonds is 6. The summed E-state index contributed by atoms with van der Waals surface area (Å²) >= 11 is 1.41. The number of amides is 1. The minimum absolute atomic E-state index is 0.302. The van der Waals surface area contributed by atoms with Crippen LogP contribution in [0.4, 0.5) is 0 Å². The largest absolute Gasteiger partial charge is 0.480 e. The number of fused-ring (bicyclic) bond motifs is 1. The van der Waals surface area contributed by atoms with E-state index in [1.54, 1.807) is 13.0 Å². The van der Waals surface area contributed by atoms with E-state index in [2.05, 4.69) is 10.3 Å². The van der Waals surface area contributed by atoms with Crippen LogP contribution in [-0.2, 0) is 9.59 Å². The van der Waals surface area contributed by atoms with Gasteiger partial charge in [0, 0.05) is 4.88 Å². The number of thiophene rings is 1. The van der Waals surface area contributed by atoms with Gasteiger partial charge in [-0.25, -0.2) is 9.78 Å². The van der Waals surface area contributed by atoms with Gasteiger partial charge in [0.1, 0.15) is 16.9 Å². The first kappa shape index (κ1) is 17.1. The molecule has 0 fully saturated rings. The summed E-state index contributed by atoms with van der Waals surface area (Å²) in [7, 11) is 0. The van der Waals surface area contributed by atoms with Crippen LogP contribution in [0.15, 0.2) is 17.2 Å². The number of carbonyl (C=O) groups excluding carboxylic acids is 1. The van der Waals surface area contributed by atoms with Crippen LogP contribution in [0.3, 0.4) is 0 Å². The maximum absolute atomic E-state index is 12.5. The van der Waals surface area contributed by atoms with Crippen molar-refractivity contribution in [2.45, 2.75) is 45.7 Å². The molecule has 2 heterocycles. The first-order valence-corrected chi connectivity index (χ1v) is 8.17. The van der Waals surface area contributed by atoms with Crippen molar-refractivity contribution in [2.24, 2.45) is 0 Å². The highest BCUT2D eigenvalue weighted by atomic mass is 32.1. The molecule has 0 aliphatic rings. The highest BCUT2D eigenvalue weighted by Crippen LogP contribution is 2.20. The molecule has 0 saturated heterocycles. The van der Waals surface area contributed by atoms with Crippen molar-refractivity contribution in [3.05, 3.63) is 27.6 Å². The van der Waals surface area contributed by atoms with Gasteiger partial charge in [-0.2, -0.15) is 0 Å². The number of hydrogen-bond donors (Lipinski definition) is 2. The van der Waals surface area contributed by atoms with E-state index < -0.39 is 24.0 Å². The van der Waals surface area contributed by atoms with Crippen LogP contribution in [0.2, 0.25) is 0 Å². The average molecular weight is 337 g/mol. The second-order valence-corrected chi connectivity index (χ2v) is 6.63. The highest BCUT2D eigenvalue weighted by molar-refractivity contribution is 7.18. The Morgan fingerprint density at radius 1 is 1.48 bits per heavy atom. The molecule has 0 aromatic carbocycles. The zero-order chi connectivity index (χ0) is 17.1. The Balaban J connectivity index is 2.27. The van der Waals surface area contributed by atoms with Gasteiger partial charge < -0.3 is 10.4 Å². The average Bonchev–Trinajstić information content (AvgIpc) is 2.87. The number of nitrogens with zero attached hydrogens (tertiary/aromatic N) is 2. The summed E-state index contributed by atoms with van der Waals surface area (Å²) in [5, 5.41) is 12.1. The first-order chi connectivity index (χ1) is 10.8. The molecule has 2 aromatic rings. The quantitative estimate of drug-likeness (QED) is 0.835. The molecule has 23 heavy (non-hydrogen) atoms. The third-order valence-electron chi connectivity index (χ3n) is 3.59. The zero-order valence-electron chi connectivity index (χ0n) is 13.2. The van der Waals surface area contributed by atoms with Gasteiger partial charge in [-0.05, 0) is 26.3 Å². The lowest BCUT2D eigenvalue weighted by Crippen LogP contribution is -2.44. The Kier molecular flexibility index (Phi) is 5.15. The topological polar surface area (TPSA) is 101 Å². The van der Waals surface area contributed by atoms with E-state index in [1.165, 1.54) is 22.2 Å². The number of aliphatic carboxylic acids is 1. The third kappa shape index (κ3) is 3.58. The highest BCUT2D eigenvalue weighted by Gasteiger charge is 2.24. The van der Waals surface area contributed by atoms with Crippen molar-refractivity contribution in [2.75, 3.05) is 0 Å². The summed E-state index contributed by atoms with van der Waals surface area (Å²) in [6.45, 7) is 5.27. The van der Waals surface area contributed by atoms with E-state index >= 15 is 0 Å². The van der Waals surface area contributed by atoms with Crippen LogP contribution in [0.1, 0.15) is 37.6 Å². The van der Waals surface area contributed by atoms with Crippen molar-refractivity contribution < 1.29 is 14.7 Å². The summed E-state index contributed by atoms with van der Waals surface area (Å²) in [6.07, 6.45) is 2.30. The lowest BCUT2D eigenvalue weighted by atomic mass is 10.1. The molecule has 0 saturated carbocycles. The molecular formula is C15H19N3O4S. The Morgan fingerprint density at radius 3 is 2.78 bits per heavy atom. The zero-order valence-corrected chi connectivity index (χ0v) is 14.0. The van der Waals surface area contributed by atoms with Gasteiger partial charge in [0.15, 0.2) is 0 Å². The molecule has 8 heteroatoms. The molecule has 2 N–H and O–H groups in total. The minimum Gasteiger partial charge on any atom is -0.480 e. The predicted octanol–water partition coefficient (Wildman–Crippen LogP) is 1.70. The summed E-state index contributed by atoms with van der Waals surface area (Å²) in [5.74, 6) is -1.59. The first-order valence-electron chi connectivity index (χ1n) is 7.35. The van der Waals surface area contributed by atoms with Gasteiger partial charge in [-0.15, -0.1) is 11.3 Å². The fourth-order valence-corrected chi connectivity index (χ4v) is 3.14. The summed E-state index contributed by atoms with van der Waals surface area (Å²) in [6, 6.07) is -0.0443. The molecule has 0 aliphatic heterocycles. The minimum atomic E-state index is -1.08. The van der Waals surface area contributed by atoms with Gasteiger partial charge in [-0.1, -0.05) is 13.3 Å². The van der Waals surface area contributed by atoms with Crippen LogP contribution in [-0.4, -0.2) is 32.6 Å².